The van der Waals surface area contributed by atoms with E-state index in [0.717, 1.165) is 16.8 Å². The number of hydrogen-bond acceptors (Lipinski definition) is 5. The van der Waals surface area contributed by atoms with Gasteiger partial charge in [0.05, 0.1) is 18.0 Å². The highest BCUT2D eigenvalue weighted by molar-refractivity contribution is 7.67. The number of aromatic hydroxyl groups is 1. The zero-order valence-corrected chi connectivity index (χ0v) is 16.9. The number of nitrogens with zero attached hydrogens (tertiary/aromatic N) is 2. The summed E-state index contributed by atoms with van der Waals surface area (Å²) in [6.07, 6.45) is -5.26. The number of phenols is 1. The molecule has 1 fully saturated rings. The van der Waals surface area contributed by atoms with Crippen molar-refractivity contribution in [2.24, 2.45) is 0 Å². The number of phenolic OH excluding ortho intramolecular Hbond substituents is 1. The Balaban J connectivity index is 1.96. The van der Waals surface area contributed by atoms with E-state index in [1.807, 2.05) is 0 Å². The van der Waals surface area contributed by atoms with Gasteiger partial charge in [-0.05, 0) is 31.3 Å². The minimum Gasteiger partial charge on any atom is -0.507 e. The second-order valence-electron chi connectivity index (χ2n) is 6.68. The first kappa shape index (κ1) is 21.9. The van der Waals surface area contributed by atoms with Crippen molar-refractivity contribution in [1.82, 2.24) is 9.34 Å². The maximum absolute atomic E-state index is 13.8. The number of carbonyl (C=O) groups is 2. The first-order chi connectivity index (χ1) is 13.9. The lowest BCUT2D eigenvalue weighted by atomic mass is 10.00. The number of carbonyl (C=O) groups excluding carboxylic acids is 2. The van der Waals surface area contributed by atoms with Crippen molar-refractivity contribution < 1.29 is 37.2 Å². The van der Waals surface area contributed by atoms with Crippen molar-refractivity contribution in [2.45, 2.75) is 18.8 Å². The van der Waals surface area contributed by atoms with Crippen LogP contribution < -0.4 is 10.0 Å². The van der Waals surface area contributed by atoms with Gasteiger partial charge >= 0.3 is 6.36 Å². The van der Waals surface area contributed by atoms with Gasteiger partial charge in [0.2, 0.25) is 5.91 Å². The van der Waals surface area contributed by atoms with Crippen LogP contribution in [0.25, 0.3) is 0 Å². The molecular weight excluding hydrogens is 424 g/mol. The van der Waals surface area contributed by atoms with E-state index in [1.54, 1.807) is 30.3 Å². The summed E-state index contributed by atoms with van der Waals surface area (Å²) in [7, 11) is -0.835. The summed E-state index contributed by atoms with van der Waals surface area (Å²) in [6, 6.07) is 9.51. The van der Waals surface area contributed by atoms with Gasteiger partial charge in [-0.3, -0.25) is 18.8 Å². The molecule has 0 spiro atoms. The first-order valence-electron chi connectivity index (χ1n) is 8.74. The van der Waals surface area contributed by atoms with Gasteiger partial charge in [0.25, 0.3) is 7.44 Å². The van der Waals surface area contributed by atoms with Crippen LogP contribution in [-0.2, 0) is 9.36 Å². The molecule has 1 aliphatic heterocycles. The lowest BCUT2D eigenvalue weighted by molar-refractivity contribution is -0.274. The Hall–Kier alpha value is -2.84. The molecule has 2 unspecified atom stereocenters. The molecule has 1 heterocycles. The smallest absolute Gasteiger partial charge is 0.507 e. The van der Waals surface area contributed by atoms with Gasteiger partial charge in [-0.1, -0.05) is 18.2 Å². The van der Waals surface area contributed by atoms with Crippen LogP contribution in [0.1, 0.15) is 16.8 Å². The van der Waals surface area contributed by atoms with E-state index in [1.165, 1.54) is 18.8 Å². The molecule has 1 N–H and O–H groups in total. The van der Waals surface area contributed by atoms with E-state index in [4.69, 9.17) is 0 Å². The second kappa shape index (κ2) is 7.77. The van der Waals surface area contributed by atoms with Gasteiger partial charge in [0.15, 0.2) is 5.78 Å². The van der Waals surface area contributed by atoms with Crippen LogP contribution in [0, 0.1) is 0 Å². The third kappa shape index (κ3) is 3.93. The normalized spacial score (nSPS) is 22.8. The fourth-order valence-corrected chi connectivity index (χ4v) is 5.96. The fraction of sp³-hybridized carbons (Fsp3) is 0.263. The van der Waals surface area contributed by atoms with Gasteiger partial charge in [-0.25, -0.2) is 4.67 Å². The monoisotopic (exact) mass is 442 g/mol. The van der Waals surface area contributed by atoms with Gasteiger partial charge in [0.1, 0.15) is 11.5 Å². The summed E-state index contributed by atoms with van der Waals surface area (Å²) < 4.78 is 57.0. The van der Waals surface area contributed by atoms with Crippen molar-refractivity contribution in [3.63, 3.8) is 0 Å². The number of benzene rings is 2. The molecule has 1 amide bonds. The highest BCUT2D eigenvalue weighted by atomic mass is 31.2. The molecule has 0 radical (unpaired) electrons. The van der Waals surface area contributed by atoms with Crippen LogP contribution in [0.2, 0.25) is 0 Å². The summed E-state index contributed by atoms with van der Waals surface area (Å²) in [5.74, 6) is -2.71. The van der Waals surface area contributed by atoms with Gasteiger partial charge in [-0.2, -0.15) is 0 Å². The van der Waals surface area contributed by atoms with Crippen molar-refractivity contribution in [2.75, 3.05) is 14.1 Å². The molecule has 2 aromatic rings. The van der Waals surface area contributed by atoms with Crippen LogP contribution in [0.3, 0.4) is 0 Å². The van der Waals surface area contributed by atoms with Crippen LogP contribution in [0.5, 0.6) is 11.5 Å². The molecule has 7 nitrogen and oxygen atoms in total. The number of Topliss-reactive ketones (excluding diaryl/α,β-unsaturated/α-hetero) is 1. The molecule has 2 aromatic carbocycles. The van der Waals surface area contributed by atoms with Crippen molar-refractivity contribution in [3.8, 4) is 11.5 Å². The third-order valence-electron chi connectivity index (χ3n) is 4.88. The number of alkyl halides is 3. The Morgan fingerprint density at radius 2 is 1.80 bits per heavy atom. The van der Waals surface area contributed by atoms with E-state index in [9.17, 15) is 32.4 Å². The molecule has 1 saturated heterocycles. The van der Waals surface area contributed by atoms with Gasteiger partial charge in [0, 0.05) is 18.4 Å². The van der Waals surface area contributed by atoms with Crippen LogP contribution in [0.4, 0.5) is 13.2 Å². The Labute approximate surface area is 170 Å². The highest BCUT2D eigenvalue weighted by Crippen LogP contribution is 2.55. The third-order valence-corrected chi connectivity index (χ3v) is 8.02. The molecule has 2 atom stereocenters. The number of halogens is 3. The standard InChI is InChI=1S/C19H18F3N2O5P/c1-23-15(11-17(26)24(2)30(23,28)13-6-4-3-5-7-13)18(27)14-9-8-12(10-16(14)25)29-19(20,21)22/h3-10,15,25H,11H2,1-2H3. The average molecular weight is 442 g/mol. The van der Waals surface area contributed by atoms with Crippen molar-refractivity contribution >= 4 is 24.4 Å². The summed E-state index contributed by atoms with van der Waals surface area (Å²) >= 11 is 0. The molecule has 30 heavy (non-hydrogen) atoms. The molecule has 11 heteroatoms. The van der Waals surface area contributed by atoms with E-state index >= 15 is 0 Å². The predicted molar refractivity (Wildman–Crippen MR) is 102 cm³/mol. The zero-order valence-electron chi connectivity index (χ0n) is 16.0. The Morgan fingerprint density at radius 3 is 2.37 bits per heavy atom. The Bertz CT molecular complexity index is 1030. The fourth-order valence-electron chi connectivity index (χ4n) is 3.32. The topological polar surface area (TPSA) is 87.2 Å². The second-order valence-corrected chi connectivity index (χ2v) is 9.52. The van der Waals surface area contributed by atoms with E-state index in [2.05, 4.69) is 4.74 Å². The van der Waals surface area contributed by atoms with E-state index < -0.39 is 43.0 Å². The maximum Gasteiger partial charge on any atom is 0.573 e. The Morgan fingerprint density at radius 1 is 1.17 bits per heavy atom. The lowest BCUT2D eigenvalue weighted by Crippen LogP contribution is -2.51. The van der Waals surface area contributed by atoms with Crippen molar-refractivity contribution in [1.29, 1.82) is 0 Å². The molecule has 0 saturated carbocycles. The molecule has 0 aromatic heterocycles. The quantitative estimate of drug-likeness (QED) is 0.578. The molecule has 0 bridgehead atoms. The van der Waals surface area contributed by atoms with Crippen molar-refractivity contribution in [3.05, 3.63) is 54.1 Å². The van der Waals surface area contributed by atoms with Crippen LogP contribution >= 0.6 is 7.44 Å². The van der Waals surface area contributed by atoms with Crippen LogP contribution in [0.15, 0.2) is 48.5 Å². The lowest BCUT2D eigenvalue weighted by Gasteiger charge is -2.43. The number of amides is 1. The number of ketones is 1. The van der Waals surface area contributed by atoms with Crippen LogP contribution in [-0.4, -0.2) is 52.6 Å². The first-order valence-corrected chi connectivity index (χ1v) is 10.4. The summed E-state index contributed by atoms with van der Waals surface area (Å²) in [6.45, 7) is 0. The molecule has 0 aliphatic carbocycles. The predicted octanol–water partition coefficient (Wildman–Crippen LogP) is 3.15. The number of rotatable bonds is 4. The number of likely N-dealkylation sites (N-methyl/N-ethyl adjacent to an activating group) is 1. The van der Waals surface area contributed by atoms with E-state index in [0.29, 0.717) is 11.4 Å². The van der Waals surface area contributed by atoms with Gasteiger partial charge < -0.3 is 9.84 Å². The summed E-state index contributed by atoms with van der Waals surface area (Å²) in [5.41, 5.74) is -0.307. The maximum atomic E-state index is 13.8. The van der Waals surface area contributed by atoms with Gasteiger partial charge in [-0.15, -0.1) is 13.2 Å². The summed E-state index contributed by atoms with van der Waals surface area (Å²) in [4.78, 5) is 25.6. The molecular formula is C19H18F3N2O5P. The average Bonchev–Trinajstić information content (AvgIpc) is 2.68. The molecule has 1 aliphatic rings. The SMILES string of the molecule is CN1C(=O)CC(C(=O)c2ccc(OC(F)(F)F)cc2O)N(C)P1(=O)c1ccccc1. The highest BCUT2D eigenvalue weighted by Gasteiger charge is 2.48. The molecule has 3 rings (SSSR count). The zero-order chi connectivity index (χ0) is 22.3. The summed E-state index contributed by atoms with van der Waals surface area (Å²) in [5, 5.41) is 10.4. The minimum absolute atomic E-state index is 0.303. The number of ether oxygens (including phenoxy) is 1. The Kier molecular flexibility index (Phi) is 5.66. The van der Waals surface area contributed by atoms with E-state index in [-0.39, 0.29) is 12.0 Å². The number of hydrogen-bond donors (Lipinski definition) is 1. The largest absolute Gasteiger partial charge is 0.573 e. The minimum atomic E-state index is -4.96. The molecule has 160 valence electrons.